The topological polar surface area (TPSA) is 41.1 Å². The van der Waals surface area contributed by atoms with Gasteiger partial charge in [0, 0.05) is 42.3 Å². The van der Waals surface area contributed by atoms with Gasteiger partial charge in [-0.15, -0.1) is 12.4 Å². The SMILES string of the molecule is Cl.O=C(CC1CSCCN1)Nc1cc(F)cc(F)c1. The van der Waals surface area contributed by atoms with E-state index in [0.717, 1.165) is 36.2 Å². The first-order valence-corrected chi connectivity index (χ1v) is 6.86. The molecule has 1 amide bonds. The quantitative estimate of drug-likeness (QED) is 0.901. The summed E-state index contributed by atoms with van der Waals surface area (Å²) in [5, 5.41) is 5.73. The summed E-state index contributed by atoms with van der Waals surface area (Å²) in [6.07, 6.45) is 0.311. The Morgan fingerprint density at radius 3 is 2.63 bits per heavy atom. The molecule has 7 heteroatoms. The number of rotatable bonds is 3. The highest BCUT2D eigenvalue weighted by molar-refractivity contribution is 7.99. The molecule has 0 bridgehead atoms. The van der Waals surface area contributed by atoms with E-state index in [9.17, 15) is 13.6 Å². The lowest BCUT2D eigenvalue weighted by Gasteiger charge is -2.22. The molecule has 1 aliphatic rings. The van der Waals surface area contributed by atoms with Crippen LogP contribution in [-0.2, 0) is 4.79 Å². The number of carbonyl (C=O) groups excluding carboxylic acids is 1. The van der Waals surface area contributed by atoms with Crippen LogP contribution in [0.15, 0.2) is 18.2 Å². The van der Waals surface area contributed by atoms with Crippen molar-refractivity contribution in [1.29, 1.82) is 0 Å². The molecule has 2 rings (SSSR count). The van der Waals surface area contributed by atoms with Crippen LogP contribution >= 0.6 is 24.2 Å². The average molecular weight is 309 g/mol. The zero-order chi connectivity index (χ0) is 13.0. The zero-order valence-corrected chi connectivity index (χ0v) is 11.8. The smallest absolute Gasteiger partial charge is 0.225 e. The third-order valence-corrected chi connectivity index (χ3v) is 3.71. The fourth-order valence-electron chi connectivity index (χ4n) is 1.81. The van der Waals surface area contributed by atoms with E-state index in [2.05, 4.69) is 10.6 Å². The summed E-state index contributed by atoms with van der Waals surface area (Å²) in [7, 11) is 0. The molecule has 19 heavy (non-hydrogen) atoms. The molecule has 1 unspecified atom stereocenters. The number of amides is 1. The number of hydrogen-bond donors (Lipinski definition) is 2. The van der Waals surface area contributed by atoms with Crippen LogP contribution in [0, 0.1) is 11.6 Å². The van der Waals surface area contributed by atoms with Crippen LogP contribution in [0.3, 0.4) is 0 Å². The Morgan fingerprint density at radius 2 is 2.05 bits per heavy atom. The first-order chi connectivity index (χ1) is 8.63. The lowest BCUT2D eigenvalue weighted by molar-refractivity contribution is -0.116. The van der Waals surface area contributed by atoms with Crippen molar-refractivity contribution in [2.24, 2.45) is 0 Å². The van der Waals surface area contributed by atoms with Crippen LogP contribution in [0.25, 0.3) is 0 Å². The molecule has 1 heterocycles. The van der Waals surface area contributed by atoms with Crippen molar-refractivity contribution in [2.75, 3.05) is 23.4 Å². The van der Waals surface area contributed by atoms with E-state index in [-0.39, 0.29) is 30.0 Å². The van der Waals surface area contributed by atoms with Gasteiger partial charge in [0.2, 0.25) is 5.91 Å². The summed E-state index contributed by atoms with van der Waals surface area (Å²) >= 11 is 1.79. The van der Waals surface area contributed by atoms with Gasteiger partial charge in [-0.25, -0.2) is 8.78 Å². The molecule has 1 aromatic rings. The molecule has 1 atom stereocenters. The van der Waals surface area contributed by atoms with E-state index < -0.39 is 11.6 Å². The average Bonchev–Trinajstić information content (AvgIpc) is 2.28. The summed E-state index contributed by atoms with van der Waals surface area (Å²) in [5.41, 5.74) is 0.154. The van der Waals surface area contributed by atoms with Crippen LogP contribution in [0.2, 0.25) is 0 Å². The lowest BCUT2D eigenvalue weighted by atomic mass is 10.2. The monoisotopic (exact) mass is 308 g/mol. The zero-order valence-electron chi connectivity index (χ0n) is 10.1. The Kier molecular flexibility index (Phi) is 6.54. The van der Waals surface area contributed by atoms with Crippen molar-refractivity contribution < 1.29 is 13.6 Å². The molecule has 3 nitrogen and oxygen atoms in total. The van der Waals surface area contributed by atoms with Gasteiger partial charge in [0.25, 0.3) is 0 Å². The second kappa shape index (κ2) is 7.67. The molecule has 1 saturated heterocycles. The maximum atomic E-state index is 12.9. The normalized spacial score (nSPS) is 18.5. The Balaban J connectivity index is 0.00000180. The highest BCUT2D eigenvalue weighted by Crippen LogP contribution is 2.15. The predicted molar refractivity (Wildman–Crippen MR) is 76.0 cm³/mol. The largest absolute Gasteiger partial charge is 0.326 e. The summed E-state index contributed by atoms with van der Waals surface area (Å²) in [6.45, 7) is 0.886. The molecule has 0 spiro atoms. The Morgan fingerprint density at radius 1 is 1.37 bits per heavy atom. The Bertz CT molecular complexity index is 421. The lowest BCUT2D eigenvalue weighted by Crippen LogP contribution is -2.39. The van der Waals surface area contributed by atoms with Crippen LogP contribution < -0.4 is 10.6 Å². The van der Waals surface area contributed by atoms with Gasteiger partial charge in [-0.05, 0) is 12.1 Å². The van der Waals surface area contributed by atoms with Crippen molar-refractivity contribution in [2.45, 2.75) is 12.5 Å². The Labute approximate surface area is 120 Å². The second-order valence-corrected chi connectivity index (χ2v) is 5.29. The molecule has 0 aliphatic carbocycles. The summed E-state index contributed by atoms with van der Waals surface area (Å²) < 4.78 is 25.9. The van der Waals surface area contributed by atoms with Crippen molar-refractivity contribution >= 4 is 35.8 Å². The number of hydrogen-bond acceptors (Lipinski definition) is 3. The van der Waals surface area contributed by atoms with E-state index >= 15 is 0 Å². The second-order valence-electron chi connectivity index (χ2n) is 4.14. The molecule has 0 saturated carbocycles. The minimum absolute atomic E-state index is 0. The first-order valence-electron chi connectivity index (χ1n) is 5.70. The van der Waals surface area contributed by atoms with Crippen LogP contribution in [0.1, 0.15) is 6.42 Å². The summed E-state index contributed by atoms with van der Waals surface area (Å²) in [5.74, 6) is 0.298. The van der Waals surface area contributed by atoms with E-state index in [0.29, 0.717) is 6.42 Å². The fraction of sp³-hybridized carbons (Fsp3) is 0.417. The molecule has 1 aromatic carbocycles. The maximum absolute atomic E-state index is 12.9. The molecular formula is C12H15ClF2N2OS. The highest BCUT2D eigenvalue weighted by atomic mass is 35.5. The van der Waals surface area contributed by atoms with Gasteiger partial charge in [-0.3, -0.25) is 4.79 Å². The molecule has 1 aliphatic heterocycles. The minimum Gasteiger partial charge on any atom is -0.326 e. The summed E-state index contributed by atoms with van der Waals surface area (Å²) in [4.78, 5) is 11.7. The maximum Gasteiger partial charge on any atom is 0.225 e. The van der Waals surface area contributed by atoms with Gasteiger partial charge in [0.1, 0.15) is 11.6 Å². The minimum atomic E-state index is -0.698. The molecule has 1 fully saturated rings. The van der Waals surface area contributed by atoms with E-state index in [1.54, 1.807) is 11.8 Å². The Hall–Kier alpha value is -0.850. The third-order valence-electron chi connectivity index (χ3n) is 2.58. The number of anilines is 1. The van der Waals surface area contributed by atoms with Crippen molar-refractivity contribution in [3.05, 3.63) is 29.8 Å². The number of nitrogens with one attached hydrogen (secondary N) is 2. The van der Waals surface area contributed by atoms with Crippen LogP contribution in [0.5, 0.6) is 0 Å². The van der Waals surface area contributed by atoms with Gasteiger partial charge in [-0.2, -0.15) is 11.8 Å². The van der Waals surface area contributed by atoms with Crippen LogP contribution in [-0.4, -0.2) is 30.0 Å². The van der Waals surface area contributed by atoms with E-state index in [1.165, 1.54) is 0 Å². The standard InChI is InChI=1S/C12H14F2N2OS.ClH/c13-8-3-9(14)5-10(4-8)16-12(17)6-11-7-18-2-1-15-11;/h3-5,11,15H,1-2,6-7H2,(H,16,17);1H. The van der Waals surface area contributed by atoms with Gasteiger partial charge < -0.3 is 10.6 Å². The third kappa shape index (κ3) is 5.34. The van der Waals surface area contributed by atoms with Gasteiger partial charge in [-0.1, -0.05) is 0 Å². The van der Waals surface area contributed by atoms with Gasteiger partial charge >= 0.3 is 0 Å². The van der Waals surface area contributed by atoms with Crippen molar-refractivity contribution in [3.8, 4) is 0 Å². The number of thioether (sulfide) groups is 1. The number of halogens is 3. The predicted octanol–water partition coefficient (Wildman–Crippen LogP) is 2.42. The van der Waals surface area contributed by atoms with E-state index in [1.807, 2.05) is 0 Å². The molecule has 0 aromatic heterocycles. The van der Waals surface area contributed by atoms with Crippen molar-refractivity contribution in [1.82, 2.24) is 5.32 Å². The fourth-order valence-corrected chi connectivity index (χ4v) is 2.76. The van der Waals surface area contributed by atoms with E-state index in [4.69, 9.17) is 0 Å². The number of benzene rings is 1. The van der Waals surface area contributed by atoms with Crippen LogP contribution in [0.4, 0.5) is 14.5 Å². The molecular weight excluding hydrogens is 294 g/mol. The van der Waals surface area contributed by atoms with Gasteiger partial charge in [0.05, 0.1) is 0 Å². The summed E-state index contributed by atoms with van der Waals surface area (Å²) in [6, 6.07) is 3.10. The molecule has 2 N–H and O–H groups in total. The van der Waals surface area contributed by atoms with Crippen molar-refractivity contribution in [3.63, 3.8) is 0 Å². The van der Waals surface area contributed by atoms with Gasteiger partial charge in [0.15, 0.2) is 0 Å². The highest BCUT2D eigenvalue weighted by Gasteiger charge is 2.16. The first kappa shape index (κ1) is 16.2. The number of carbonyl (C=O) groups is 1. The molecule has 106 valence electrons. The molecule has 0 radical (unpaired) electrons.